The minimum Gasteiger partial charge on any atom is -0.379 e. The number of rotatable bonds is 6. The van der Waals surface area contributed by atoms with E-state index in [1.807, 2.05) is 24.5 Å². The number of morpholine rings is 1. The van der Waals surface area contributed by atoms with Crippen molar-refractivity contribution >= 4 is 56.8 Å². The van der Waals surface area contributed by atoms with Crippen LogP contribution in [0.4, 0.5) is 13.9 Å². The van der Waals surface area contributed by atoms with Crippen molar-refractivity contribution in [3.63, 3.8) is 0 Å². The van der Waals surface area contributed by atoms with E-state index in [4.69, 9.17) is 4.74 Å². The Labute approximate surface area is 193 Å². The zero-order chi connectivity index (χ0) is 21.1. The first-order valence-electron chi connectivity index (χ1n) is 9.57. The lowest BCUT2D eigenvalue weighted by Crippen LogP contribution is -2.43. The van der Waals surface area contributed by atoms with E-state index < -0.39 is 17.5 Å². The second-order valence-corrected chi connectivity index (χ2v) is 8.76. The first kappa shape index (κ1) is 23.9. The van der Waals surface area contributed by atoms with Crippen molar-refractivity contribution in [1.29, 1.82) is 0 Å². The highest BCUT2D eigenvalue weighted by molar-refractivity contribution is 7.98. The summed E-state index contributed by atoms with van der Waals surface area (Å²) in [7, 11) is 0. The minimum atomic E-state index is -1.04. The molecule has 1 aliphatic heterocycles. The van der Waals surface area contributed by atoms with E-state index >= 15 is 0 Å². The Hall–Kier alpha value is -1.78. The second-order valence-electron chi connectivity index (χ2n) is 6.87. The average molecular weight is 486 g/mol. The molecule has 1 saturated heterocycles. The van der Waals surface area contributed by atoms with Crippen molar-refractivity contribution in [2.75, 3.05) is 50.5 Å². The maximum Gasteiger partial charge on any atom is 0.260 e. The fraction of sp³-hybridized carbons (Fsp3) is 0.333. The van der Waals surface area contributed by atoms with Gasteiger partial charge in [0.2, 0.25) is 0 Å². The maximum atomic E-state index is 13.7. The Kier molecular flexibility index (Phi) is 8.23. The van der Waals surface area contributed by atoms with E-state index in [9.17, 15) is 13.6 Å². The third-order valence-corrected chi connectivity index (χ3v) is 6.74. The number of aromatic nitrogens is 1. The van der Waals surface area contributed by atoms with Gasteiger partial charge >= 0.3 is 0 Å². The molecule has 1 fully saturated rings. The molecule has 0 N–H and O–H groups in total. The van der Waals surface area contributed by atoms with Crippen LogP contribution in [0.3, 0.4) is 0 Å². The molecule has 1 aliphatic rings. The number of thioether (sulfide) groups is 1. The number of nitrogens with zero attached hydrogens (tertiary/aromatic N) is 3. The summed E-state index contributed by atoms with van der Waals surface area (Å²) in [4.78, 5) is 22.8. The number of benzene rings is 2. The van der Waals surface area contributed by atoms with Gasteiger partial charge in [0.25, 0.3) is 5.91 Å². The van der Waals surface area contributed by atoms with E-state index in [-0.39, 0.29) is 18.0 Å². The van der Waals surface area contributed by atoms with E-state index in [1.54, 1.807) is 16.7 Å². The van der Waals surface area contributed by atoms with Gasteiger partial charge in [-0.05, 0) is 42.7 Å². The molecule has 0 radical (unpaired) electrons. The molecule has 166 valence electrons. The fourth-order valence-corrected chi connectivity index (χ4v) is 4.81. The molecule has 10 heteroatoms. The molecule has 31 heavy (non-hydrogen) atoms. The monoisotopic (exact) mass is 485 g/mol. The average Bonchev–Trinajstić information content (AvgIpc) is 3.19. The summed E-state index contributed by atoms with van der Waals surface area (Å²) < 4.78 is 33.5. The molecule has 2 aromatic carbocycles. The van der Waals surface area contributed by atoms with Crippen molar-refractivity contribution < 1.29 is 18.3 Å². The molecular weight excluding hydrogens is 464 g/mol. The number of halogens is 3. The van der Waals surface area contributed by atoms with Crippen LogP contribution in [0.15, 0.2) is 41.3 Å². The number of carbonyl (C=O) groups is 1. The number of hydrogen-bond acceptors (Lipinski definition) is 6. The van der Waals surface area contributed by atoms with Crippen LogP contribution in [0.1, 0.15) is 10.4 Å². The zero-order valence-electron chi connectivity index (χ0n) is 16.8. The number of anilines is 1. The SMILES string of the molecule is CSc1ccc2nc(N(CCN3CCOCC3)C(=O)c3ccc(F)c(F)c3)sc2c1.Cl. The Balaban J connectivity index is 0.00000272. The second kappa shape index (κ2) is 10.7. The van der Waals surface area contributed by atoms with Crippen LogP contribution in [-0.2, 0) is 4.74 Å². The van der Waals surface area contributed by atoms with Gasteiger partial charge in [-0.1, -0.05) is 11.3 Å². The summed E-state index contributed by atoms with van der Waals surface area (Å²) in [5, 5.41) is 0.547. The van der Waals surface area contributed by atoms with Crippen LogP contribution in [0.5, 0.6) is 0 Å². The lowest BCUT2D eigenvalue weighted by Gasteiger charge is -2.29. The normalized spacial score (nSPS) is 14.4. The molecule has 5 nitrogen and oxygen atoms in total. The Morgan fingerprint density at radius 3 is 2.68 bits per heavy atom. The quantitative estimate of drug-likeness (QED) is 0.474. The van der Waals surface area contributed by atoms with Crippen LogP contribution >= 0.6 is 35.5 Å². The predicted octanol–water partition coefficient (Wildman–Crippen LogP) is 4.70. The first-order valence-corrected chi connectivity index (χ1v) is 11.6. The largest absolute Gasteiger partial charge is 0.379 e. The maximum absolute atomic E-state index is 13.7. The molecule has 4 rings (SSSR count). The molecule has 2 heterocycles. The van der Waals surface area contributed by atoms with Crippen LogP contribution in [0.2, 0.25) is 0 Å². The number of carbonyl (C=O) groups excluding carboxylic acids is 1. The summed E-state index contributed by atoms with van der Waals surface area (Å²) in [6.45, 7) is 3.96. The molecule has 0 atom stereocenters. The summed E-state index contributed by atoms with van der Waals surface area (Å²) in [5.41, 5.74) is 0.905. The number of thiazole rings is 1. The first-order chi connectivity index (χ1) is 14.5. The van der Waals surface area contributed by atoms with Crippen molar-refractivity contribution in [1.82, 2.24) is 9.88 Å². The lowest BCUT2D eigenvalue weighted by atomic mass is 10.2. The molecule has 0 saturated carbocycles. The molecule has 1 aromatic heterocycles. The highest BCUT2D eigenvalue weighted by Crippen LogP contribution is 2.32. The van der Waals surface area contributed by atoms with Gasteiger partial charge in [0.15, 0.2) is 16.8 Å². The van der Waals surface area contributed by atoms with Crippen LogP contribution in [0, 0.1) is 11.6 Å². The summed E-state index contributed by atoms with van der Waals surface area (Å²) >= 11 is 3.06. The van der Waals surface area contributed by atoms with Crippen molar-refractivity contribution in [2.24, 2.45) is 0 Å². The Bertz CT molecular complexity index is 1060. The van der Waals surface area contributed by atoms with E-state index in [0.29, 0.717) is 31.4 Å². The van der Waals surface area contributed by atoms with Gasteiger partial charge in [0.1, 0.15) is 0 Å². The van der Waals surface area contributed by atoms with Crippen molar-refractivity contribution in [3.8, 4) is 0 Å². The number of fused-ring (bicyclic) bond motifs is 1. The standard InChI is InChI=1S/C21H21F2N3O2S2.ClH/c1-29-15-3-5-18-19(13-15)30-21(24-18)26(7-6-25-8-10-28-11-9-25)20(27)14-2-4-16(22)17(23)12-14;/h2-5,12-13H,6-11H2,1H3;1H. The van der Waals surface area contributed by atoms with Crippen LogP contribution in [-0.4, -0.2) is 61.4 Å². The molecule has 0 aliphatic carbocycles. The highest BCUT2D eigenvalue weighted by Gasteiger charge is 2.24. The highest BCUT2D eigenvalue weighted by atomic mass is 35.5. The van der Waals surface area contributed by atoms with Crippen LogP contribution < -0.4 is 4.90 Å². The lowest BCUT2D eigenvalue weighted by molar-refractivity contribution is 0.0391. The van der Waals surface area contributed by atoms with Gasteiger partial charge in [-0.2, -0.15) is 0 Å². The van der Waals surface area contributed by atoms with Crippen molar-refractivity contribution in [3.05, 3.63) is 53.6 Å². The number of hydrogen-bond donors (Lipinski definition) is 0. The smallest absolute Gasteiger partial charge is 0.260 e. The van der Waals surface area contributed by atoms with Gasteiger partial charge in [-0.25, -0.2) is 13.8 Å². The molecule has 0 unspecified atom stereocenters. The summed E-state index contributed by atoms with van der Waals surface area (Å²) in [6.07, 6.45) is 2.00. The van der Waals surface area contributed by atoms with E-state index in [2.05, 4.69) is 9.88 Å². The van der Waals surface area contributed by atoms with Crippen LogP contribution in [0.25, 0.3) is 10.2 Å². The Morgan fingerprint density at radius 1 is 1.19 bits per heavy atom. The van der Waals surface area contributed by atoms with Gasteiger partial charge in [0, 0.05) is 36.6 Å². The third kappa shape index (κ3) is 5.53. The third-order valence-electron chi connectivity index (χ3n) is 4.97. The molecular formula is C21H22ClF2N3O2S2. The predicted molar refractivity (Wildman–Crippen MR) is 124 cm³/mol. The molecule has 0 spiro atoms. The van der Waals surface area contributed by atoms with Gasteiger partial charge in [0.05, 0.1) is 23.4 Å². The molecule has 3 aromatic rings. The van der Waals surface area contributed by atoms with Gasteiger partial charge < -0.3 is 4.74 Å². The van der Waals surface area contributed by atoms with E-state index in [0.717, 1.165) is 40.3 Å². The fourth-order valence-electron chi connectivity index (χ4n) is 3.27. The molecule has 0 bridgehead atoms. The number of ether oxygens (including phenoxy) is 1. The molecule has 1 amide bonds. The summed E-state index contributed by atoms with van der Waals surface area (Å²) in [5.74, 6) is -2.41. The summed E-state index contributed by atoms with van der Waals surface area (Å²) in [6, 6.07) is 9.20. The zero-order valence-corrected chi connectivity index (χ0v) is 19.3. The van der Waals surface area contributed by atoms with Gasteiger partial charge in [-0.3, -0.25) is 14.6 Å². The minimum absolute atomic E-state index is 0. The van der Waals surface area contributed by atoms with Gasteiger partial charge in [-0.15, -0.1) is 24.2 Å². The number of amides is 1. The Morgan fingerprint density at radius 2 is 1.97 bits per heavy atom. The topological polar surface area (TPSA) is 45.7 Å². The van der Waals surface area contributed by atoms with Crippen molar-refractivity contribution in [2.45, 2.75) is 4.90 Å². The van der Waals surface area contributed by atoms with E-state index in [1.165, 1.54) is 17.4 Å².